The second-order valence-electron chi connectivity index (χ2n) is 6.29. The number of hydrogen-bond acceptors (Lipinski definition) is 3. The molecule has 3 aromatic rings. The average Bonchev–Trinajstić information content (AvgIpc) is 3.12. The first-order chi connectivity index (χ1) is 12.6. The number of amides is 2. The van der Waals surface area contributed by atoms with Crippen molar-refractivity contribution in [2.24, 2.45) is 7.05 Å². The zero-order chi connectivity index (χ0) is 18.3. The van der Waals surface area contributed by atoms with Crippen molar-refractivity contribution in [3.8, 4) is 5.75 Å². The molecule has 0 N–H and O–H groups in total. The summed E-state index contributed by atoms with van der Waals surface area (Å²) in [6, 6.07) is 14.9. The summed E-state index contributed by atoms with van der Waals surface area (Å²) < 4.78 is 7.14. The molecule has 1 fully saturated rings. The maximum atomic E-state index is 12.8. The van der Waals surface area contributed by atoms with Crippen molar-refractivity contribution in [1.82, 2.24) is 4.57 Å². The van der Waals surface area contributed by atoms with Gasteiger partial charge in [-0.05, 0) is 36.4 Å². The highest BCUT2D eigenvalue weighted by Crippen LogP contribution is 2.30. The number of nitrogens with zero attached hydrogens (tertiary/aromatic N) is 2. The van der Waals surface area contributed by atoms with Gasteiger partial charge in [-0.3, -0.25) is 9.59 Å². The van der Waals surface area contributed by atoms with Gasteiger partial charge in [0.15, 0.2) is 0 Å². The first-order valence-corrected chi connectivity index (χ1v) is 8.34. The number of carbonyl (C=O) groups is 2. The lowest BCUT2D eigenvalue weighted by Gasteiger charge is -2.13. The van der Waals surface area contributed by atoms with E-state index in [-0.39, 0.29) is 18.2 Å². The molecule has 0 unspecified atom stereocenters. The number of fused-ring (bicyclic) bond motifs is 1. The quantitative estimate of drug-likeness (QED) is 0.538. The van der Waals surface area contributed by atoms with Crippen molar-refractivity contribution in [1.29, 1.82) is 0 Å². The Morgan fingerprint density at radius 1 is 1.04 bits per heavy atom. The summed E-state index contributed by atoms with van der Waals surface area (Å²) in [7, 11) is 3.54. The molecule has 5 nitrogen and oxygen atoms in total. The average molecular weight is 346 g/mol. The first-order valence-electron chi connectivity index (χ1n) is 8.34. The summed E-state index contributed by atoms with van der Waals surface area (Å²) in [6.07, 6.45) is 3.91. The molecule has 0 aliphatic carbocycles. The Labute approximate surface area is 151 Å². The number of carbonyl (C=O) groups excluding carboxylic acids is 2. The van der Waals surface area contributed by atoms with E-state index in [0.29, 0.717) is 17.0 Å². The van der Waals surface area contributed by atoms with Crippen molar-refractivity contribution >= 4 is 34.5 Å². The number of aromatic nitrogens is 1. The van der Waals surface area contributed by atoms with E-state index in [1.807, 2.05) is 48.2 Å². The molecule has 1 aliphatic heterocycles. The van der Waals surface area contributed by atoms with Crippen LogP contribution in [-0.4, -0.2) is 23.5 Å². The summed E-state index contributed by atoms with van der Waals surface area (Å²) in [5, 5.41) is 1.06. The van der Waals surface area contributed by atoms with Gasteiger partial charge in [-0.25, -0.2) is 4.90 Å². The summed E-state index contributed by atoms with van der Waals surface area (Å²) in [5.41, 5.74) is 3.09. The van der Waals surface area contributed by atoms with Crippen molar-refractivity contribution in [2.45, 2.75) is 6.42 Å². The Kier molecular flexibility index (Phi) is 3.84. The fourth-order valence-electron chi connectivity index (χ4n) is 3.36. The zero-order valence-corrected chi connectivity index (χ0v) is 14.6. The molecule has 0 radical (unpaired) electrons. The van der Waals surface area contributed by atoms with Gasteiger partial charge in [-0.15, -0.1) is 0 Å². The molecule has 2 heterocycles. The minimum atomic E-state index is -0.270. The number of rotatable bonds is 3. The van der Waals surface area contributed by atoms with Gasteiger partial charge in [0.1, 0.15) is 5.75 Å². The number of hydrogen-bond donors (Lipinski definition) is 0. The second-order valence-corrected chi connectivity index (χ2v) is 6.29. The zero-order valence-electron chi connectivity index (χ0n) is 14.6. The number of aryl methyl sites for hydroxylation is 1. The van der Waals surface area contributed by atoms with E-state index < -0.39 is 0 Å². The van der Waals surface area contributed by atoms with Crippen LogP contribution in [0.5, 0.6) is 5.75 Å². The topological polar surface area (TPSA) is 51.5 Å². The fourth-order valence-corrected chi connectivity index (χ4v) is 3.36. The highest BCUT2D eigenvalue weighted by atomic mass is 16.5. The first kappa shape index (κ1) is 16.1. The van der Waals surface area contributed by atoms with Gasteiger partial charge in [-0.2, -0.15) is 0 Å². The summed E-state index contributed by atoms with van der Waals surface area (Å²) in [5.74, 6) is 0.194. The molecule has 2 aromatic carbocycles. The van der Waals surface area contributed by atoms with Crippen molar-refractivity contribution in [2.75, 3.05) is 12.0 Å². The van der Waals surface area contributed by atoms with E-state index in [1.165, 1.54) is 4.90 Å². The molecule has 0 saturated carbocycles. The Morgan fingerprint density at radius 2 is 1.77 bits per heavy atom. The minimum absolute atomic E-state index is 0.105. The van der Waals surface area contributed by atoms with Gasteiger partial charge in [0.2, 0.25) is 5.91 Å². The lowest BCUT2D eigenvalue weighted by Crippen LogP contribution is -2.28. The van der Waals surface area contributed by atoms with Gasteiger partial charge in [-0.1, -0.05) is 18.2 Å². The molecule has 130 valence electrons. The van der Waals surface area contributed by atoms with Crippen LogP contribution >= 0.6 is 0 Å². The SMILES string of the molecule is COc1ccc(N2C(=O)CC(=Cc3cn(C)c4ccccc34)C2=O)cc1. The molecule has 0 bridgehead atoms. The minimum Gasteiger partial charge on any atom is -0.497 e. The number of imide groups is 1. The predicted octanol–water partition coefficient (Wildman–Crippen LogP) is 3.53. The number of ether oxygens (including phenoxy) is 1. The van der Waals surface area contributed by atoms with E-state index in [9.17, 15) is 9.59 Å². The van der Waals surface area contributed by atoms with Crippen LogP contribution in [0.1, 0.15) is 12.0 Å². The largest absolute Gasteiger partial charge is 0.497 e. The Hall–Kier alpha value is -3.34. The molecule has 1 aromatic heterocycles. The molecule has 1 saturated heterocycles. The van der Waals surface area contributed by atoms with Crippen LogP contribution in [0.15, 0.2) is 60.3 Å². The van der Waals surface area contributed by atoms with Crippen molar-refractivity contribution in [3.05, 3.63) is 65.9 Å². The number of anilines is 1. The third kappa shape index (κ3) is 2.58. The van der Waals surface area contributed by atoms with E-state index in [4.69, 9.17) is 4.74 Å². The second kappa shape index (κ2) is 6.19. The molecular weight excluding hydrogens is 328 g/mol. The van der Waals surface area contributed by atoms with Crippen LogP contribution in [-0.2, 0) is 16.6 Å². The molecule has 5 heteroatoms. The maximum absolute atomic E-state index is 12.8. The van der Waals surface area contributed by atoms with Crippen LogP contribution in [0, 0.1) is 0 Å². The van der Waals surface area contributed by atoms with Crippen LogP contribution in [0.25, 0.3) is 17.0 Å². The van der Waals surface area contributed by atoms with Crippen molar-refractivity contribution < 1.29 is 14.3 Å². The van der Waals surface area contributed by atoms with Gasteiger partial charge >= 0.3 is 0 Å². The van der Waals surface area contributed by atoms with E-state index in [1.54, 1.807) is 31.4 Å². The van der Waals surface area contributed by atoms with E-state index >= 15 is 0 Å². The predicted molar refractivity (Wildman–Crippen MR) is 101 cm³/mol. The van der Waals surface area contributed by atoms with Crippen LogP contribution < -0.4 is 9.64 Å². The molecular formula is C21H18N2O3. The van der Waals surface area contributed by atoms with Gasteiger partial charge < -0.3 is 9.30 Å². The molecule has 2 amide bonds. The van der Waals surface area contributed by atoms with Gasteiger partial charge in [0.25, 0.3) is 5.91 Å². The number of methoxy groups -OCH3 is 1. The van der Waals surface area contributed by atoms with E-state index in [2.05, 4.69) is 0 Å². The molecule has 4 rings (SSSR count). The lowest BCUT2D eigenvalue weighted by atomic mass is 10.1. The smallest absolute Gasteiger partial charge is 0.261 e. The van der Waals surface area contributed by atoms with Gasteiger partial charge in [0.05, 0.1) is 19.2 Å². The number of benzene rings is 2. The van der Waals surface area contributed by atoms with E-state index in [0.717, 1.165) is 16.5 Å². The third-order valence-electron chi connectivity index (χ3n) is 4.66. The highest BCUT2D eigenvalue weighted by molar-refractivity contribution is 6.29. The Bertz CT molecular complexity index is 1040. The normalized spacial score (nSPS) is 16.1. The van der Waals surface area contributed by atoms with Crippen LogP contribution in [0.4, 0.5) is 5.69 Å². The molecule has 0 spiro atoms. The Morgan fingerprint density at radius 3 is 2.50 bits per heavy atom. The Balaban J connectivity index is 1.71. The maximum Gasteiger partial charge on any atom is 0.261 e. The summed E-state index contributed by atoms with van der Waals surface area (Å²) in [6.45, 7) is 0. The standard InChI is InChI=1S/C21H18N2O3/c1-22-13-15(18-5-3-4-6-19(18)22)11-14-12-20(24)23(21(14)25)16-7-9-17(26-2)10-8-16/h3-11,13H,12H2,1-2H3. The molecule has 0 atom stereocenters. The molecule has 26 heavy (non-hydrogen) atoms. The van der Waals surface area contributed by atoms with Crippen LogP contribution in [0.3, 0.4) is 0 Å². The van der Waals surface area contributed by atoms with Crippen LogP contribution in [0.2, 0.25) is 0 Å². The number of para-hydroxylation sites is 1. The molecule has 1 aliphatic rings. The summed E-state index contributed by atoms with van der Waals surface area (Å²) in [4.78, 5) is 26.5. The van der Waals surface area contributed by atoms with Crippen molar-refractivity contribution in [3.63, 3.8) is 0 Å². The highest BCUT2D eigenvalue weighted by Gasteiger charge is 2.35. The van der Waals surface area contributed by atoms with Gasteiger partial charge in [0, 0.05) is 35.3 Å². The monoisotopic (exact) mass is 346 g/mol. The lowest BCUT2D eigenvalue weighted by molar-refractivity contribution is -0.120. The summed E-state index contributed by atoms with van der Waals surface area (Å²) >= 11 is 0. The fraction of sp³-hybridized carbons (Fsp3) is 0.143. The third-order valence-corrected chi connectivity index (χ3v) is 4.66.